The minimum absolute atomic E-state index is 0.0451. The van der Waals surface area contributed by atoms with Gasteiger partial charge in [0.1, 0.15) is 23.9 Å². The van der Waals surface area contributed by atoms with Gasteiger partial charge in [-0.25, -0.2) is 4.68 Å². The largest absolute Gasteiger partial charge is 0.496 e. The van der Waals surface area contributed by atoms with Crippen molar-refractivity contribution in [3.8, 4) is 11.5 Å². The van der Waals surface area contributed by atoms with Crippen molar-refractivity contribution in [2.75, 3.05) is 19.5 Å². The van der Waals surface area contributed by atoms with Crippen LogP contribution < -0.4 is 14.8 Å². The van der Waals surface area contributed by atoms with Crippen LogP contribution in [0.15, 0.2) is 71.7 Å². The highest BCUT2D eigenvalue weighted by molar-refractivity contribution is 5.68. The number of fused-ring (bicyclic) bond motifs is 1. The molecule has 0 fully saturated rings. The molecular weight excluding hydrogens is 376 g/mol. The molecule has 2 aromatic carbocycles. The zero-order valence-corrected chi connectivity index (χ0v) is 17.1. The fraction of sp³-hybridized carbons (Fsp3) is 0.250. The van der Waals surface area contributed by atoms with E-state index in [1.165, 1.54) is 11.1 Å². The lowest BCUT2D eigenvalue weighted by Gasteiger charge is -2.35. The van der Waals surface area contributed by atoms with Crippen LogP contribution in [-0.4, -0.2) is 29.0 Å². The average Bonchev–Trinajstić information content (AvgIpc) is 3.26. The lowest BCUT2D eigenvalue weighted by atomic mass is 9.83. The van der Waals surface area contributed by atoms with Crippen molar-refractivity contribution in [1.82, 2.24) is 14.8 Å². The second-order valence-electron chi connectivity index (χ2n) is 7.46. The summed E-state index contributed by atoms with van der Waals surface area (Å²) in [5.74, 6) is 2.48. The molecule has 6 heteroatoms. The number of nitrogens with zero attached hydrogens (tertiary/aromatic N) is 3. The number of hydrogen-bond donors (Lipinski definition) is 1. The van der Waals surface area contributed by atoms with Gasteiger partial charge in [-0.05, 0) is 48.6 Å². The first-order valence-corrected chi connectivity index (χ1v) is 10.2. The maximum Gasteiger partial charge on any atom is 0.226 e. The predicted octanol–water partition coefficient (Wildman–Crippen LogP) is 4.83. The molecule has 1 aromatic heterocycles. The van der Waals surface area contributed by atoms with Gasteiger partial charge in [0.15, 0.2) is 0 Å². The molecule has 0 amide bonds. The second kappa shape index (κ2) is 7.71. The summed E-state index contributed by atoms with van der Waals surface area (Å²) >= 11 is 0. The van der Waals surface area contributed by atoms with Crippen LogP contribution in [0.1, 0.15) is 36.4 Å². The zero-order chi connectivity index (χ0) is 20.5. The molecule has 30 heavy (non-hydrogen) atoms. The molecule has 2 heterocycles. The molecule has 1 N–H and O–H groups in total. The Morgan fingerprint density at radius 1 is 1.00 bits per heavy atom. The van der Waals surface area contributed by atoms with E-state index in [1.807, 2.05) is 41.1 Å². The first kappa shape index (κ1) is 18.5. The summed E-state index contributed by atoms with van der Waals surface area (Å²) in [4.78, 5) is 4.47. The number of nitrogens with one attached hydrogen (secondary N) is 1. The monoisotopic (exact) mass is 400 g/mol. The molecule has 0 radical (unpaired) electrons. The third-order valence-corrected chi connectivity index (χ3v) is 5.82. The van der Waals surface area contributed by atoms with Gasteiger partial charge in [-0.3, -0.25) is 0 Å². The smallest absolute Gasteiger partial charge is 0.226 e. The number of methoxy groups -OCH3 is 2. The quantitative estimate of drug-likeness (QED) is 0.680. The van der Waals surface area contributed by atoms with Crippen LogP contribution in [0.2, 0.25) is 0 Å². The van der Waals surface area contributed by atoms with Gasteiger partial charge in [0, 0.05) is 16.8 Å². The van der Waals surface area contributed by atoms with Crippen molar-refractivity contribution in [3.05, 3.63) is 82.8 Å². The van der Waals surface area contributed by atoms with Crippen molar-refractivity contribution in [1.29, 1.82) is 0 Å². The Hall–Kier alpha value is -3.54. The Kier molecular flexibility index (Phi) is 4.75. The molecule has 5 rings (SSSR count). The van der Waals surface area contributed by atoms with E-state index in [0.29, 0.717) is 0 Å². The van der Waals surface area contributed by atoms with Crippen LogP contribution in [0.5, 0.6) is 11.5 Å². The molecule has 3 aromatic rings. The van der Waals surface area contributed by atoms with E-state index in [0.717, 1.165) is 53.5 Å². The molecule has 2 aliphatic rings. The molecule has 152 valence electrons. The van der Waals surface area contributed by atoms with Crippen LogP contribution in [0.4, 0.5) is 5.95 Å². The number of allylic oxidation sites excluding steroid dienone is 2. The number of para-hydroxylation sites is 2. The lowest BCUT2D eigenvalue weighted by molar-refractivity contribution is 0.400. The van der Waals surface area contributed by atoms with Gasteiger partial charge in [-0.2, -0.15) is 10.1 Å². The maximum absolute atomic E-state index is 5.69. The molecule has 0 saturated carbocycles. The normalized spacial score (nSPS) is 19.1. The Morgan fingerprint density at radius 3 is 2.60 bits per heavy atom. The van der Waals surface area contributed by atoms with E-state index in [2.05, 4.69) is 33.6 Å². The van der Waals surface area contributed by atoms with Crippen LogP contribution >= 0.6 is 0 Å². The summed E-state index contributed by atoms with van der Waals surface area (Å²) in [5, 5.41) is 8.07. The van der Waals surface area contributed by atoms with Gasteiger partial charge in [-0.1, -0.05) is 36.4 Å². The highest BCUT2D eigenvalue weighted by atomic mass is 16.5. The highest BCUT2D eigenvalue weighted by Crippen LogP contribution is 2.45. The minimum Gasteiger partial charge on any atom is -0.496 e. The Labute approximate surface area is 175 Å². The summed E-state index contributed by atoms with van der Waals surface area (Å²) in [5.41, 5.74) is 5.88. The average molecular weight is 400 g/mol. The zero-order valence-electron chi connectivity index (χ0n) is 17.1. The summed E-state index contributed by atoms with van der Waals surface area (Å²) in [6.45, 7) is 0. The van der Waals surface area contributed by atoms with Gasteiger partial charge in [0.2, 0.25) is 5.95 Å². The van der Waals surface area contributed by atoms with E-state index < -0.39 is 0 Å². The molecule has 6 nitrogen and oxygen atoms in total. The molecule has 1 aliphatic carbocycles. The summed E-state index contributed by atoms with van der Waals surface area (Å²) in [7, 11) is 3.42. The van der Waals surface area contributed by atoms with E-state index in [4.69, 9.17) is 9.47 Å². The van der Waals surface area contributed by atoms with Gasteiger partial charge in [0.05, 0.1) is 14.2 Å². The second-order valence-corrected chi connectivity index (χ2v) is 7.46. The van der Waals surface area contributed by atoms with Gasteiger partial charge in [0.25, 0.3) is 0 Å². The van der Waals surface area contributed by atoms with Crippen molar-refractivity contribution in [2.24, 2.45) is 0 Å². The lowest BCUT2D eigenvalue weighted by Crippen LogP contribution is -2.28. The molecule has 1 atom stereocenters. The summed E-state index contributed by atoms with van der Waals surface area (Å²) < 4.78 is 13.2. The molecule has 0 spiro atoms. The number of hydrogen-bond acceptors (Lipinski definition) is 5. The topological polar surface area (TPSA) is 61.2 Å². The van der Waals surface area contributed by atoms with Crippen molar-refractivity contribution < 1.29 is 9.47 Å². The third-order valence-electron chi connectivity index (χ3n) is 5.82. The number of aromatic nitrogens is 3. The predicted molar refractivity (Wildman–Crippen MR) is 117 cm³/mol. The first-order chi connectivity index (χ1) is 14.8. The van der Waals surface area contributed by atoms with Crippen LogP contribution in [0, 0.1) is 0 Å². The van der Waals surface area contributed by atoms with E-state index in [1.54, 1.807) is 20.5 Å². The van der Waals surface area contributed by atoms with Crippen LogP contribution in [-0.2, 0) is 0 Å². The number of benzene rings is 2. The van der Waals surface area contributed by atoms with Crippen LogP contribution in [0.3, 0.4) is 0 Å². The molecular formula is C24H24N4O2. The van der Waals surface area contributed by atoms with Crippen LogP contribution in [0.25, 0.3) is 6.08 Å². The molecule has 0 unspecified atom stereocenters. The van der Waals surface area contributed by atoms with Crippen molar-refractivity contribution >= 4 is 12.0 Å². The number of rotatable bonds is 4. The summed E-state index contributed by atoms with van der Waals surface area (Å²) in [6, 6.07) is 16.2. The standard InChI is InChI=1S/C24H24N4O2/c1-29-20-12-5-3-8-16(20)14-17-9-7-11-19-22(17)27-24-25-15-26-28(24)23(19)18-10-4-6-13-21(18)30-2/h3-6,8,10,12-15,23H,7,9,11H2,1-2H3,(H,25,26,27)/b17-14+/t23-/m1/s1. The Bertz CT molecular complexity index is 1150. The summed E-state index contributed by atoms with van der Waals surface area (Å²) in [6.07, 6.45) is 6.90. The van der Waals surface area contributed by atoms with Gasteiger partial charge < -0.3 is 14.8 Å². The van der Waals surface area contributed by atoms with E-state index in [9.17, 15) is 0 Å². The fourth-order valence-electron chi connectivity index (χ4n) is 4.48. The van der Waals surface area contributed by atoms with E-state index >= 15 is 0 Å². The Balaban J connectivity index is 1.67. The molecule has 1 aliphatic heterocycles. The first-order valence-electron chi connectivity index (χ1n) is 10.2. The number of anilines is 1. The minimum atomic E-state index is -0.0451. The SMILES string of the molecule is COc1ccccc1/C=C1\CCCC2=C1Nc1ncnn1[C@@H]2c1ccccc1OC. The molecule has 0 saturated heterocycles. The van der Waals surface area contributed by atoms with E-state index in [-0.39, 0.29) is 6.04 Å². The number of ether oxygens (including phenoxy) is 2. The van der Waals surface area contributed by atoms with Gasteiger partial charge in [-0.15, -0.1) is 0 Å². The molecule has 0 bridgehead atoms. The Morgan fingerprint density at radius 2 is 1.77 bits per heavy atom. The fourth-order valence-corrected chi connectivity index (χ4v) is 4.48. The van der Waals surface area contributed by atoms with Crippen molar-refractivity contribution in [2.45, 2.75) is 25.3 Å². The van der Waals surface area contributed by atoms with Crippen molar-refractivity contribution in [3.63, 3.8) is 0 Å². The van der Waals surface area contributed by atoms with Gasteiger partial charge >= 0.3 is 0 Å². The third kappa shape index (κ3) is 3.05. The highest BCUT2D eigenvalue weighted by Gasteiger charge is 2.34. The maximum atomic E-state index is 5.69.